The summed E-state index contributed by atoms with van der Waals surface area (Å²) in [5.74, 6) is 0. The van der Waals surface area contributed by atoms with Gasteiger partial charge in [0.2, 0.25) is 0 Å². The number of fused-ring (bicyclic) bond motifs is 1. The minimum atomic E-state index is -5.51. The summed E-state index contributed by atoms with van der Waals surface area (Å²) in [6, 6.07) is 3.84. The molecule has 1 aromatic heterocycles. The molecule has 0 fully saturated rings. The van der Waals surface area contributed by atoms with Gasteiger partial charge >= 0.3 is 13.1 Å². The molecular weight excluding hydrogens is 316 g/mol. The fraction of sp³-hybridized carbons (Fsp3) is 0.308. The van der Waals surface area contributed by atoms with Crippen molar-refractivity contribution in [3.05, 3.63) is 34.4 Å². The van der Waals surface area contributed by atoms with Gasteiger partial charge in [-0.15, -0.1) is 0 Å². The van der Waals surface area contributed by atoms with E-state index in [2.05, 4.69) is 0 Å². The molecule has 124 valence electrons. The molecule has 0 N–H and O–H groups in total. The van der Waals surface area contributed by atoms with E-state index in [9.17, 15) is 27.9 Å². The largest absolute Gasteiger partial charge is 0.526 e. The van der Waals surface area contributed by atoms with E-state index in [0.29, 0.717) is 10.6 Å². The Kier molecular flexibility index (Phi) is 3.87. The minimum Gasteiger partial charge on any atom is -0.444 e. The van der Waals surface area contributed by atoms with Gasteiger partial charge in [-0.1, -0.05) is 6.07 Å². The first kappa shape index (κ1) is 16.8. The molecule has 0 atom stereocenters. The van der Waals surface area contributed by atoms with Gasteiger partial charge in [0.25, 0.3) is 5.69 Å². The maximum atomic E-state index is 13.2. The molecular formula is C13H13BF3N2O4-. The van der Waals surface area contributed by atoms with Crippen LogP contribution in [-0.4, -0.2) is 28.2 Å². The number of rotatable bonds is 2. The molecule has 0 unspecified atom stereocenters. The first-order chi connectivity index (χ1) is 10.4. The quantitative estimate of drug-likeness (QED) is 0.481. The lowest BCUT2D eigenvalue weighted by molar-refractivity contribution is -0.384. The second-order valence-electron chi connectivity index (χ2n) is 5.96. The Morgan fingerprint density at radius 1 is 1.26 bits per heavy atom. The maximum absolute atomic E-state index is 13.2. The van der Waals surface area contributed by atoms with Crippen molar-refractivity contribution in [3.8, 4) is 0 Å². The number of nitro benzene ring substituents is 1. The van der Waals surface area contributed by atoms with E-state index in [0.717, 1.165) is 18.2 Å². The van der Waals surface area contributed by atoms with Crippen molar-refractivity contribution in [2.75, 3.05) is 0 Å². The van der Waals surface area contributed by atoms with Crippen molar-refractivity contribution in [2.24, 2.45) is 0 Å². The van der Waals surface area contributed by atoms with Crippen LogP contribution in [0.1, 0.15) is 20.8 Å². The Bertz CT molecular complexity index is 793. The zero-order chi connectivity index (χ0) is 17.6. The van der Waals surface area contributed by atoms with Crippen LogP contribution in [0.5, 0.6) is 0 Å². The Morgan fingerprint density at radius 2 is 1.87 bits per heavy atom. The highest BCUT2D eigenvalue weighted by Gasteiger charge is 2.34. The summed E-state index contributed by atoms with van der Waals surface area (Å²) in [6.45, 7) is -0.923. The molecule has 1 aromatic carbocycles. The van der Waals surface area contributed by atoms with Gasteiger partial charge in [-0.05, 0) is 32.4 Å². The number of hydrogen-bond donors (Lipinski definition) is 0. The number of carbonyl (C=O) groups is 1. The molecule has 0 aliphatic carbocycles. The number of hydrogen-bond acceptors (Lipinski definition) is 4. The minimum absolute atomic E-state index is 0.0562. The Hall–Kier alpha value is -2.52. The second kappa shape index (κ2) is 5.29. The molecule has 10 heteroatoms. The molecule has 0 spiro atoms. The maximum Gasteiger partial charge on any atom is 0.526 e. The predicted molar refractivity (Wildman–Crippen MR) is 78.9 cm³/mol. The van der Waals surface area contributed by atoms with Crippen LogP contribution in [0.3, 0.4) is 0 Å². The van der Waals surface area contributed by atoms with Crippen molar-refractivity contribution >= 4 is 35.3 Å². The highest BCUT2D eigenvalue weighted by Crippen LogP contribution is 2.25. The summed E-state index contributed by atoms with van der Waals surface area (Å²) in [5.41, 5.74) is -2.63. The first-order valence-corrected chi connectivity index (χ1v) is 6.63. The lowest BCUT2D eigenvalue weighted by atomic mass is 9.86. The highest BCUT2D eigenvalue weighted by molar-refractivity contribution is 6.73. The van der Waals surface area contributed by atoms with Gasteiger partial charge in [0, 0.05) is 17.5 Å². The summed E-state index contributed by atoms with van der Waals surface area (Å²) < 4.78 is 45.1. The van der Waals surface area contributed by atoms with Crippen LogP contribution in [0.4, 0.5) is 23.4 Å². The molecule has 2 aromatic rings. The number of carbonyl (C=O) groups excluding carboxylic acids is 1. The van der Waals surface area contributed by atoms with Crippen LogP contribution in [0.15, 0.2) is 24.3 Å². The molecule has 2 rings (SSSR count). The van der Waals surface area contributed by atoms with E-state index in [1.54, 1.807) is 0 Å². The summed E-state index contributed by atoms with van der Waals surface area (Å²) in [6.07, 6.45) is -1.18. The van der Waals surface area contributed by atoms with E-state index < -0.39 is 29.2 Å². The lowest BCUT2D eigenvalue weighted by Crippen LogP contribution is -2.43. The van der Waals surface area contributed by atoms with Crippen molar-refractivity contribution in [1.29, 1.82) is 0 Å². The van der Waals surface area contributed by atoms with Crippen molar-refractivity contribution < 1.29 is 27.4 Å². The average Bonchev–Trinajstić information content (AvgIpc) is 2.74. The van der Waals surface area contributed by atoms with E-state index >= 15 is 0 Å². The normalized spacial score (nSPS) is 12.4. The van der Waals surface area contributed by atoms with Gasteiger partial charge in [-0.3, -0.25) is 14.7 Å². The Balaban J connectivity index is 2.69. The number of halogens is 3. The number of ether oxygens (including phenoxy) is 1. The van der Waals surface area contributed by atoms with Crippen LogP contribution >= 0.6 is 0 Å². The average molecular weight is 329 g/mol. The SMILES string of the molecule is CC(C)(C)OC(=O)n1c([B-](F)(F)F)cc2cc([N+](=O)[O-])ccc21. The zero-order valence-electron chi connectivity index (χ0n) is 12.5. The van der Waals surface area contributed by atoms with Crippen molar-refractivity contribution in [3.63, 3.8) is 0 Å². The second-order valence-corrected chi connectivity index (χ2v) is 5.96. The molecule has 0 aliphatic heterocycles. The molecule has 0 aliphatic rings. The van der Waals surface area contributed by atoms with Crippen LogP contribution < -0.4 is 5.59 Å². The van der Waals surface area contributed by atoms with Gasteiger partial charge < -0.3 is 17.7 Å². The third-order valence-electron chi connectivity index (χ3n) is 2.94. The molecule has 0 bridgehead atoms. The van der Waals surface area contributed by atoms with Gasteiger partial charge in [-0.2, -0.15) is 0 Å². The molecule has 0 radical (unpaired) electrons. The van der Waals surface area contributed by atoms with E-state index in [-0.39, 0.29) is 16.6 Å². The van der Waals surface area contributed by atoms with Crippen LogP contribution in [-0.2, 0) is 4.74 Å². The zero-order valence-corrected chi connectivity index (χ0v) is 12.5. The van der Waals surface area contributed by atoms with Crippen LogP contribution in [0, 0.1) is 10.1 Å². The third-order valence-corrected chi connectivity index (χ3v) is 2.94. The van der Waals surface area contributed by atoms with E-state index in [1.165, 1.54) is 20.8 Å². The third kappa shape index (κ3) is 3.46. The van der Waals surface area contributed by atoms with Crippen molar-refractivity contribution in [2.45, 2.75) is 26.4 Å². The van der Waals surface area contributed by atoms with Gasteiger partial charge in [0.05, 0.1) is 10.4 Å². The Labute approximate surface area is 129 Å². The summed E-state index contributed by atoms with van der Waals surface area (Å²) in [7, 11) is 0. The lowest BCUT2D eigenvalue weighted by Gasteiger charge is -2.23. The van der Waals surface area contributed by atoms with Gasteiger partial charge in [0.1, 0.15) is 5.60 Å². The van der Waals surface area contributed by atoms with Crippen LogP contribution in [0.2, 0.25) is 0 Å². The number of nitro groups is 1. The molecule has 0 amide bonds. The monoisotopic (exact) mass is 329 g/mol. The van der Waals surface area contributed by atoms with Gasteiger partial charge in [0.15, 0.2) is 0 Å². The highest BCUT2D eigenvalue weighted by atomic mass is 19.4. The first-order valence-electron chi connectivity index (χ1n) is 6.63. The number of non-ortho nitro benzene ring substituents is 1. The molecule has 6 nitrogen and oxygen atoms in total. The number of aromatic nitrogens is 1. The summed E-state index contributed by atoms with van der Waals surface area (Å²) in [4.78, 5) is 22.2. The van der Waals surface area contributed by atoms with Crippen LogP contribution in [0.25, 0.3) is 10.9 Å². The molecule has 0 saturated heterocycles. The van der Waals surface area contributed by atoms with E-state index in [4.69, 9.17) is 4.74 Å². The number of nitrogens with zero attached hydrogens (tertiary/aromatic N) is 2. The fourth-order valence-corrected chi connectivity index (χ4v) is 2.09. The van der Waals surface area contributed by atoms with Crippen molar-refractivity contribution in [1.82, 2.24) is 4.57 Å². The molecule has 23 heavy (non-hydrogen) atoms. The molecule has 1 heterocycles. The molecule has 0 saturated carbocycles. The predicted octanol–water partition coefficient (Wildman–Crippen LogP) is 3.39. The van der Waals surface area contributed by atoms with E-state index in [1.807, 2.05) is 0 Å². The topological polar surface area (TPSA) is 74.4 Å². The number of benzene rings is 1. The van der Waals surface area contributed by atoms with Gasteiger partial charge in [-0.25, -0.2) is 4.79 Å². The Morgan fingerprint density at radius 3 is 2.35 bits per heavy atom. The smallest absolute Gasteiger partial charge is 0.444 e. The summed E-state index contributed by atoms with van der Waals surface area (Å²) >= 11 is 0. The fourth-order valence-electron chi connectivity index (χ4n) is 2.09. The standard InChI is InChI=1S/C13H13BF3N2O4/c1-13(2,3)23-12(20)18-10-5-4-9(19(21)22)6-8(10)7-11(18)14(15,16)17/h4-7H,1-3H3/q-1. The summed E-state index contributed by atoms with van der Waals surface area (Å²) in [5, 5.41) is 10.7.